The molecule has 172 valence electrons. The predicted molar refractivity (Wildman–Crippen MR) is 121 cm³/mol. The number of aliphatic hydroxyl groups excluding tert-OH is 1. The van der Waals surface area contributed by atoms with Crippen molar-refractivity contribution in [3.63, 3.8) is 0 Å². The number of hydrogen-bond donors (Lipinski definition) is 1. The molecule has 1 saturated carbocycles. The minimum absolute atomic E-state index is 0.352. The monoisotopic (exact) mass is 420 g/mol. The second-order valence-corrected chi connectivity index (χ2v) is 11.2. The van der Waals surface area contributed by atoms with Crippen LogP contribution in [0.5, 0.6) is 0 Å². The van der Waals surface area contributed by atoms with E-state index in [4.69, 9.17) is 9.47 Å². The first-order chi connectivity index (χ1) is 14.3. The Morgan fingerprint density at radius 1 is 1.17 bits per heavy atom. The van der Waals surface area contributed by atoms with E-state index in [1.54, 1.807) is 0 Å². The van der Waals surface area contributed by atoms with Crippen molar-refractivity contribution in [2.75, 3.05) is 52.5 Å². The maximum atomic E-state index is 10.5. The molecule has 5 nitrogen and oxygen atoms in total. The first kappa shape index (κ1) is 22.7. The van der Waals surface area contributed by atoms with Gasteiger partial charge >= 0.3 is 0 Å². The van der Waals surface area contributed by atoms with Crippen molar-refractivity contribution < 1.29 is 14.6 Å². The molecule has 2 aliphatic heterocycles. The van der Waals surface area contributed by atoms with Crippen molar-refractivity contribution in [1.82, 2.24) is 9.80 Å². The van der Waals surface area contributed by atoms with Gasteiger partial charge in [0.1, 0.15) is 0 Å². The van der Waals surface area contributed by atoms with E-state index < -0.39 is 0 Å². The van der Waals surface area contributed by atoms with Gasteiger partial charge in [-0.25, -0.2) is 0 Å². The highest BCUT2D eigenvalue weighted by Crippen LogP contribution is 2.59. The minimum Gasteiger partial charge on any atom is -0.389 e. The van der Waals surface area contributed by atoms with E-state index in [1.165, 1.54) is 37.8 Å². The Bertz CT molecular complexity index is 589. The molecule has 2 heterocycles. The lowest BCUT2D eigenvalue weighted by atomic mass is 9.49. The Kier molecular flexibility index (Phi) is 7.25. The average Bonchev–Trinajstić information content (AvgIpc) is 2.68. The molecule has 1 N–H and O–H groups in total. The molecule has 5 heteroatoms. The van der Waals surface area contributed by atoms with Gasteiger partial charge in [-0.1, -0.05) is 19.9 Å². The van der Waals surface area contributed by atoms with E-state index in [0.29, 0.717) is 36.8 Å². The summed E-state index contributed by atoms with van der Waals surface area (Å²) in [5, 5.41) is 10.5. The van der Waals surface area contributed by atoms with Crippen molar-refractivity contribution in [3.8, 4) is 0 Å². The van der Waals surface area contributed by atoms with Gasteiger partial charge in [0.15, 0.2) is 0 Å². The number of fused-ring (bicyclic) bond motifs is 1. The van der Waals surface area contributed by atoms with Gasteiger partial charge < -0.3 is 19.5 Å². The number of hydrogen-bond acceptors (Lipinski definition) is 5. The summed E-state index contributed by atoms with van der Waals surface area (Å²) in [5.41, 5.74) is 1.93. The average molecular weight is 421 g/mol. The van der Waals surface area contributed by atoms with Gasteiger partial charge in [0, 0.05) is 26.2 Å². The van der Waals surface area contributed by atoms with Crippen LogP contribution in [0.2, 0.25) is 0 Å². The Morgan fingerprint density at radius 3 is 2.50 bits per heavy atom. The van der Waals surface area contributed by atoms with E-state index in [-0.39, 0.29) is 6.10 Å². The number of rotatable bonds is 8. The number of likely N-dealkylation sites (tertiary alicyclic amines) is 1. The van der Waals surface area contributed by atoms with Crippen LogP contribution >= 0.6 is 0 Å². The van der Waals surface area contributed by atoms with Crippen LogP contribution in [0.15, 0.2) is 11.6 Å². The van der Waals surface area contributed by atoms with E-state index in [9.17, 15) is 5.11 Å². The summed E-state index contributed by atoms with van der Waals surface area (Å²) in [6.45, 7) is 16.6. The molecule has 3 aliphatic carbocycles. The van der Waals surface area contributed by atoms with Crippen molar-refractivity contribution in [2.24, 2.45) is 23.2 Å². The van der Waals surface area contributed by atoms with E-state index in [1.807, 2.05) is 0 Å². The normalized spacial score (nSPS) is 36.2. The highest BCUT2D eigenvalue weighted by molar-refractivity contribution is 5.23. The molecule has 30 heavy (non-hydrogen) atoms. The van der Waals surface area contributed by atoms with Crippen molar-refractivity contribution in [2.45, 2.75) is 71.7 Å². The molecule has 5 atom stereocenters. The third kappa shape index (κ3) is 5.29. The van der Waals surface area contributed by atoms with Gasteiger partial charge in [0.05, 0.1) is 31.5 Å². The molecular weight excluding hydrogens is 376 g/mol. The number of piperidine rings is 1. The molecule has 0 spiro atoms. The van der Waals surface area contributed by atoms with Crippen LogP contribution in [0, 0.1) is 23.2 Å². The molecule has 5 unspecified atom stereocenters. The van der Waals surface area contributed by atoms with Gasteiger partial charge in [-0.3, -0.25) is 4.90 Å². The first-order valence-corrected chi connectivity index (χ1v) is 12.4. The summed E-state index contributed by atoms with van der Waals surface area (Å²) in [6.07, 6.45) is 7.74. The van der Waals surface area contributed by atoms with E-state index in [0.717, 1.165) is 44.6 Å². The zero-order valence-electron chi connectivity index (χ0n) is 19.7. The molecular formula is C25H44N2O3. The van der Waals surface area contributed by atoms with Gasteiger partial charge in [0.2, 0.25) is 0 Å². The molecule has 5 aliphatic rings. The van der Waals surface area contributed by atoms with Crippen molar-refractivity contribution in [1.29, 1.82) is 0 Å². The summed E-state index contributed by atoms with van der Waals surface area (Å²) in [6, 6.07) is 0. The van der Waals surface area contributed by atoms with Crippen LogP contribution in [0.1, 0.15) is 53.4 Å². The van der Waals surface area contributed by atoms with Crippen LogP contribution < -0.4 is 0 Å². The lowest BCUT2D eigenvalue weighted by Gasteiger charge is -2.56. The number of aliphatic hydroxyl groups is 1. The predicted octanol–water partition coefficient (Wildman–Crippen LogP) is 3.18. The fraction of sp³-hybridized carbons (Fsp3) is 0.920. The molecule has 5 rings (SSSR count). The fourth-order valence-corrected chi connectivity index (χ4v) is 6.45. The van der Waals surface area contributed by atoms with Gasteiger partial charge in [-0.2, -0.15) is 0 Å². The second-order valence-electron chi connectivity index (χ2n) is 11.2. The largest absolute Gasteiger partial charge is 0.389 e. The van der Waals surface area contributed by atoms with Crippen LogP contribution in [0.4, 0.5) is 0 Å². The Balaban J connectivity index is 1.10. The maximum Gasteiger partial charge on any atom is 0.0900 e. The number of β-amino-alcohol motifs (C(OH)–C–C–N with tert-alkyl or cyclic N) is 1. The maximum absolute atomic E-state index is 10.5. The van der Waals surface area contributed by atoms with Gasteiger partial charge in [-0.05, 0) is 81.4 Å². The lowest BCUT2D eigenvalue weighted by molar-refractivity contribution is -0.0736. The number of ether oxygens (including phenoxy) is 2. The van der Waals surface area contributed by atoms with Crippen LogP contribution in [-0.4, -0.2) is 85.7 Å². The molecule has 0 amide bonds. The van der Waals surface area contributed by atoms with E-state index >= 15 is 0 Å². The molecule has 0 aromatic heterocycles. The van der Waals surface area contributed by atoms with Gasteiger partial charge in [0.25, 0.3) is 0 Å². The van der Waals surface area contributed by atoms with Crippen LogP contribution in [0.3, 0.4) is 0 Å². The highest BCUT2D eigenvalue weighted by Gasteiger charge is 2.50. The standard InChI is InChI=1S/C25H44N2O3/c1-18-12-27(13-19(2)30-18)14-20-7-9-26(10-8-20)15-23(28)17-29-16-21-5-6-22-11-24(21)25(22,3)4/h5,18-20,22-24,28H,6-17H2,1-4H3. The zero-order valence-corrected chi connectivity index (χ0v) is 19.7. The molecule has 0 aromatic rings. The van der Waals surface area contributed by atoms with Gasteiger partial charge in [-0.15, -0.1) is 0 Å². The zero-order chi connectivity index (χ0) is 21.3. The fourth-order valence-electron chi connectivity index (χ4n) is 6.45. The van der Waals surface area contributed by atoms with Crippen LogP contribution in [-0.2, 0) is 9.47 Å². The topological polar surface area (TPSA) is 45.2 Å². The summed E-state index contributed by atoms with van der Waals surface area (Å²) < 4.78 is 11.8. The molecule has 0 aromatic carbocycles. The summed E-state index contributed by atoms with van der Waals surface area (Å²) in [4.78, 5) is 5.02. The molecule has 2 saturated heterocycles. The second kappa shape index (κ2) is 9.58. The summed E-state index contributed by atoms with van der Waals surface area (Å²) in [7, 11) is 0. The summed E-state index contributed by atoms with van der Waals surface area (Å²) in [5.74, 6) is 2.35. The third-order valence-electron chi connectivity index (χ3n) is 8.35. The molecule has 3 fully saturated rings. The Labute approximate surface area is 183 Å². The van der Waals surface area contributed by atoms with Crippen LogP contribution in [0.25, 0.3) is 0 Å². The third-order valence-corrected chi connectivity index (χ3v) is 8.35. The Morgan fingerprint density at radius 2 is 1.87 bits per heavy atom. The lowest BCUT2D eigenvalue weighted by Crippen LogP contribution is -2.49. The first-order valence-electron chi connectivity index (χ1n) is 12.4. The SMILES string of the molecule is CC1CN(CC2CCN(CC(O)COCC3=CCC4CC3C4(C)C)CC2)CC(C)O1. The molecule has 0 radical (unpaired) electrons. The van der Waals surface area contributed by atoms with E-state index in [2.05, 4.69) is 43.6 Å². The highest BCUT2D eigenvalue weighted by atomic mass is 16.5. The van der Waals surface area contributed by atoms with Crippen molar-refractivity contribution >= 4 is 0 Å². The number of nitrogens with zero attached hydrogens (tertiary/aromatic N) is 2. The number of allylic oxidation sites excluding steroid dienone is 1. The quantitative estimate of drug-likeness (QED) is 0.611. The molecule has 2 bridgehead atoms. The number of morpholine rings is 1. The minimum atomic E-state index is -0.381. The van der Waals surface area contributed by atoms with Crippen molar-refractivity contribution in [3.05, 3.63) is 11.6 Å². The summed E-state index contributed by atoms with van der Waals surface area (Å²) >= 11 is 0. The Hall–Kier alpha value is -0.460. The smallest absolute Gasteiger partial charge is 0.0900 e.